The SMILES string of the molecule is CCCCC[SiH2]OCCOC. The van der Waals surface area contributed by atoms with Gasteiger partial charge in [0.2, 0.25) is 0 Å². The number of unbranched alkanes of at least 4 members (excludes halogenated alkanes) is 2. The summed E-state index contributed by atoms with van der Waals surface area (Å²) in [5.74, 6) is 0. The number of hydrogen-bond acceptors (Lipinski definition) is 2. The summed E-state index contributed by atoms with van der Waals surface area (Å²) in [5, 5.41) is 0. The molecule has 0 rings (SSSR count). The first-order valence-electron chi connectivity index (χ1n) is 4.48. The second kappa shape index (κ2) is 10.1. The molecule has 0 heterocycles. The van der Waals surface area contributed by atoms with E-state index in [4.69, 9.17) is 9.16 Å². The molecule has 0 unspecified atom stereocenters. The van der Waals surface area contributed by atoms with Gasteiger partial charge in [0, 0.05) is 7.11 Å². The third-order valence-electron chi connectivity index (χ3n) is 1.57. The zero-order valence-electron chi connectivity index (χ0n) is 7.77. The molecule has 0 saturated carbocycles. The molecule has 0 saturated heterocycles. The fraction of sp³-hybridized carbons (Fsp3) is 1.00. The Morgan fingerprint density at radius 3 is 2.64 bits per heavy atom. The van der Waals surface area contributed by atoms with Crippen molar-refractivity contribution in [3.05, 3.63) is 0 Å². The third kappa shape index (κ3) is 10.1. The van der Waals surface area contributed by atoms with Crippen LogP contribution in [0, 0.1) is 0 Å². The van der Waals surface area contributed by atoms with Crippen LogP contribution in [0.5, 0.6) is 0 Å². The Kier molecular flexibility index (Phi) is 10.3. The average Bonchev–Trinajstić information content (AvgIpc) is 2.03. The monoisotopic (exact) mass is 176 g/mol. The van der Waals surface area contributed by atoms with Crippen molar-refractivity contribution in [2.45, 2.75) is 32.2 Å². The predicted molar refractivity (Wildman–Crippen MR) is 50.7 cm³/mol. The summed E-state index contributed by atoms with van der Waals surface area (Å²) in [6, 6.07) is 1.33. The van der Waals surface area contributed by atoms with Gasteiger partial charge in [-0.1, -0.05) is 26.2 Å². The highest BCUT2D eigenvalue weighted by molar-refractivity contribution is 6.26. The molecule has 0 aliphatic heterocycles. The Bertz CT molecular complexity index is 61.1. The second-order valence-corrected chi connectivity index (χ2v) is 4.19. The molecule has 0 bridgehead atoms. The Morgan fingerprint density at radius 1 is 1.18 bits per heavy atom. The molecule has 68 valence electrons. The minimum atomic E-state index is -0.209. The maximum absolute atomic E-state index is 5.43. The molecule has 0 aromatic heterocycles. The number of rotatable bonds is 8. The van der Waals surface area contributed by atoms with E-state index in [1.54, 1.807) is 7.11 Å². The molecule has 0 aromatic rings. The molecule has 3 heteroatoms. The van der Waals surface area contributed by atoms with Gasteiger partial charge in [0.25, 0.3) is 0 Å². The lowest BCUT2D eigenvalue weighted by atomic mass is 10.3. The number of ether oxygens (including phenoxy) is 1. The molecule has 0 amide bonds. The van der Waals surface area contributed by atoms with Crippen molar-refractivity contribution in [2.75, 3.05) is 20.3 Å². The standard InChI is InChI=1S/C8H20O2Si/c1-3-4-5-8-11-10-7-6-9-2/h3-8,11H2,1-2H3. The van der Waals surface area contributed by atoms with Gasteiger partial charge in [0.1, 0.15) is 0 Å². The van der Waals surface area contributed by atoms with Crippen LogP contribution in [0.15, 0.2) is 0 Å². The molecular formula is C8H20O2Si. The van der Waals surface area contributed by atoms with E-state index in [0.29, 0.717) is 0 Å². The van der Waals surface area contributed by atoms with E-state index in [1.807, 2.05) is 0 Å². The normalized spacial score (nSPS) is 11.5. The van der Waals surface area contributed by atoms with Crippen LogP contribution >= 0.6 is 0 Å². The summed E-state index contributed by atoms with van der Waals surface area (Å²) in [5.41, 5.74) is 0. The summed E-state index contributed by atoms with van der Waals surface area (Å²) in [6.07, 6.45) is 4.03. The van der Waals surface area contributed by atoms with Gasteiger partial charge >= 0.3 is 0 Å². The Balaban J connectivity index is 2.69. The van der Waals surface area contributed by atoms with Gasteiger partial charge in [-0.2, -0.15) is 0 Å². The summed E-state index contributed by atoms with van der Waals surface area (Å²) in [6.45, 7) is 3.78. The molecular weight excluding hydrogens is 156 g/mol. The van der Waals surface area contributed by atoms with Crippen LogP contribution in [-0.4, -0.2) is 30.1 Å². The predicted octanol–water partition coefficient (Wildman–Crippen LogP) is 1.34. The van der Waals surface area contributed by atoms with E-state index < -0.39 is 0 Å². The van der Waals surface area contributed by atoms with Crippen molar-refractivity contribution < 1.29 is 9.16 Å². The minimum Gasteiger partial charge on any atom is -0.422 e. The Hall–Kier alpha value is 0.137. The van der Waals surface area contributed by atoms with Gasteiger partial charge < -0.3 is 9.16 Å². The van der Waals surface area contributed by atoms with Crippen molar-refractivity contribution in [2.24, 2.45) is 0 Å². The third-order valence-corrected chi connectivity index (χ3v) is 2.94. The van der Waals surface area contributed by atoms with Crippen LogP contribution in [0.3, 0.4) is 0 Å². The zero-order valence-corrected chi connectivity index (χ0v) is 9.18. The molecule has 0 aliphatic rings. The Morgan fingerprint density at radius 2 is 2.00 bits per heavy atom. The van der Waals surface area contributed by atoms with E-state index in [0.717, 1.165) is 13.2 Å². The van der Waals surface area contributed by atoms with Crippen LogP contribution < -0.4 is 0 Å². The minimum absolute atomic E-state index is 0.209. The molecule has 0 fully saturated rings. The zero-order chi connectivity index (χ0) is 8.36. The summed E-state index contributed by atoms with van der Waals surface area (Å²) in [7, 11) is 1.50. The summed E-state index contributed by atoms with van der Waals surface area (Å²) >= 11 is 0. The van der Waals surface area contributed by atoms with E-state index in [-0.39, 0.29) is 9.76 Å². The van der Waals surface area contributed by atoms with Gasteiger partial charge in [-0.15, -0.1) is 0 Å². The first-order valence-corrected chi connectivity index (χ1v) is 6.06. The first-order chi connectivity index (χ1) is 5.41. The lowest BCUT2D eigenvalue weighted by Crippen LogP contribution is -2.05. The van der Waals surface area contributed by atoms with Gasteiger partial charge in [-0.25, -0.2) is 0 Å². The van der Waals surface area contributed by atoms with Crippen molar-refractivity contribution in [1.29, 1.82) is 0 Å². The molecule has 2 nitrogen and oxygen atoms in total. The first kappa shape index (κ1) is 11.1. The van der Waals surface area contributed by atoms with Crippen LogP contribution in [0.1, 0.15) is 26.2 Å². The maximum atomic E-state index is 5.43. The molecule has 0 radical (unpaired) electrons. The van der Waals surface area contributed by atoms with Crippen molar-refractivity contribution in [1.82, 2.24) is 0 Å². The quantitative estimate of drug-likeness (QED) is 0.410. The number of methoxy groups -OCH3 is 1. The van der Waals surface area contributed by atoms with Crippen molar-refractivity contribution in [3.8, 4) is 0 Å². The maximum Gasteiger partial charge on any atom is 0.161 e. The molecule has 0 N–H and O–H groups in total. The molecule has 0 spiro atoms. The topological polar surface area (TPSA) is 18.5 Å². The van der Waals surface area contributed by atoms with Crippen molar-refractivity contribution in [3.63, 3.8) is 0 Å². The van der Waals surface area contributed by atoms with Crippen LogP contribution in [0.4, 0.5) is 0 Å². The smallest absolute Gasteiger partial charge is 0.161 e. The lowest BCUT2D eigenvalue weighted by molar-refractivity contribution is 0.149. The highest BCUT2D eigenvalue weighted by Gasteiger charge is 1.89. The van der Waals surface area contributed by atoms with E-state index in [2.05, 4.69) is 6.92 Å². The van der Waals surface area contributed by atoms with Gasteiger partial charge in [0.05, 0.1) is 13.2 Å². The van der Waals surface area contributed by atoms with E-state index in [1.165, 1.54) is 25.3 Å². The number of hydrogen-bond donors (Lipinski definition) is 0. The van der Waals surface area contributed by atoms with E-state index >= 15 is 0 Å². The van der Waals surface area contributed by atoms with Gasteiger partial charge in [-0.3, -0.25) is 0 Å². The summed E-state index contributed by atoms with van der Waals surface area (Å²) < 4.78 is 10.3. The van der Waals surface area contributed by atoms with Crippen LogP contribution in [-0.2, 0) is 9.16 Å². The second-order valence-electron chi connectivity index (χ2n) is 2.67. The van der Waals surface area contributed by atoms with Crippen LogP contribution in [0.2, 0.25) is 6.04 Å². The summed E-state index contributed by atoms with van der Waals surface area (Å²) in [4.78, 5) is 0. The molecule has 0 atom stereocenters. The fourth-order valence-electron chi connectivity index (χ4n) is 0.875. The van der Waals surface area contributed by atoms with Crippen molar-refractivity contribution >= 4 is 9.76 Å². The Labute approximate surface area is 72.2 Å². The van der Waals surface area contributed by atoms with Crippen LogP contribution in [0.25, 0.3) is 0 Å². The van der Waals surface area contributed by atoms with Gasteiger partial charge in [-0.05, 0) is 6.04 Å². The highest BCUT2D eigenvalue weighted by Crippen LogP contribution is 1.98. The van der Waals surface area contributed by atoms with E-state index in [9.17, 15) is 0 Å². The molecule has 0 aliphatic carbocycles. The fourth-order valence-corrected chi connectivity index (χ4v) is 1.96. The van der Waals surface area contributed by atoms with Gasteiger partial charge in [0.15, 0.2) is 9.76 Å². The molecule has 0 aromatic carbocycles. The lowest BCUT2D eigenvalue weighted by Gasteiger charge is -2.01. The largest absolute Gasteiger partial charge is 0.422 e. The average molecular weight is 176 g/mol. The highest BCUT2D eigenvalue weighted by atomic mass is 28.2. The molecule has 11 heavy (non-hydrogen) atoms.